The van der Waals surface area contributed by atoms with Gasteiger partial charge in [0.2, 0.25) is 5.88 Å². The predicted molar refractivity (Wildman–Crippen MR) is 120 cm³/mol. The zero-order chi connectivity index (χ0) is 22.8. The van der Waals surface area contributed by atoms with Crippen molar-refractivity contribution in [2.45, 2.75) is 12.8 Å². The van der Waals surface area contributed by atoms with Crippen molar-refractivity contribution in [3.8, 4) is 11.8 Å². The lowest BCUT2D eigenvalue weighted by Gasteiger charge is -2.27. The van der Waals surface area contributed by atoms with Crippen molar-refractivity contribution in [1.82, 2.24) is 4.98 Å². The highest BCUT2D eigenvalue weighted by Gasteiger charge is 2.37. The number of nitrogens with one attached hydrogen (secondary N) is 2. The molecule has 4 N–H and O–H groups in total. The van der Waals surface area contributed by atoms with Crippen LogP contribution in [0.3, 0.4) is 0 Å². The Balaban J connectivity index is 1.87. The van der Waals surface area contributed by atoms with Gasteiger partial charge in [-0.15, -0.1) is 0 Å². The van der Waals surface area contributed by atoms with Crippen LogP contribution in [0.25, 0.3) is 10.9 Å². The summed E-state index contributed by atoms with van der Waals surface area (Å²) in [5.41, 5.74) is 6.99. The first-order valence-corrected chi connectivity index (χ1v) is 9.78. The highest BCUT2D eigenvalue weighted by atomic mass is 16.5. The van der Waals surface area contributed by atoms with Gasteiger partial charge in [-0.3, -0.25) is 9.59 Å². The topological polar surface area (TPSA) is 130 Å². The number of aromatic nitrogens is 1. The summed E-state index contributed by atoms with van der Waals surface area (Å²) >= 11 is 0. The number of allylic oxidation sites excluding steroid dienone is 2. The number of fused-ring (bicyclic) bond motifs is 1. The highest BCUT2D eigenvalue weighted by Crippen LogP contribution is 2.39. The van der Waals surface area contributed by atoms with E-state index in [0.717, 1.165) is 0 Å². The Hall–Kier alpha value is -4.51. The maximum Gasteiger partial charge on any atom is 0.255 e. The smallest absolute Gasteiger partial charge is 0.255 e. The summed E-state index contributed by atoms with van der Waals surface area (Å²) in [6, 6.07) is 17.8. The summed E-state index contributed by atoms with van der Waals surface area (Å²) in [6.07, 6.45) is 0. The zero-order valence-corrected chi connectivity index (χ0v) is 17.4. The molecule has 1 atom stereocenters. The molecule has 0 saturated carbocycles. The van der Waals surface area contributed by atoms with Gasteiger partial charge in [0.25, 0.3) is 11.5 Å². The summed E-state index contributed by atoms with van der Waals surface area (Å²) in [4.78, 5) is 29.1. The molecule has 0 bridgehead atoms. The third-order valence-electron chi connectivity index (χ3n) is 5.27. The Morgan fingerprint density at radius 1 is 1.22 bits per heavy atom. The molecular formula is C24H20N4O4. The zero-order valence-electron chi connectivity index (χ0n) is 17.4. The maximum absolute atomic E-state index is 13.2. The second-order valence-corrected chi connectivity index (χ2v) is 7.22. The molecule has 1 aliphatic rings. The molecule has 0 spiro atoms. The molecular weight excluding hydrogens is 408 g/mol. The molecule has 1 aliphatic heterocycles. The van der Waals surface area contributed by atoms with Gasteiger partial charge < -0.3 is 25.5 Å². The van der Waals surface area contributed by atoms with Crippen LogP contribution in [0, 0.1) is 11.3 Å². The van der Waals surface area contributed by atoms with E-state index in [1.54, 1.807) is 55.5 Å². The van der Waals surface area contributed by atoms with Gasteiger partial charge in [-0.05, 0) is 42.6 Å². The van der Waals surface area contributed by atoms with Gasteiger partial charge in [0.1, 0.15) is 23.2 Å². The molecule has 2 aromatic carbocycles. The van der Waals surface area contributed by atoms with Crippen LogP contribution in [-0.2, 0) is 9.53 Å². The van der Waals surface area contributed by atoms with Crippen molar-refractivity contribution >= 4 is 22.5 Å². The molecule has 1 amide bonds. The monoisotopic (exact) mass is 428 g/mol. The Kier molecular flexibility index (Phi) is 5.39. The molecule has 0 radical (unpaired) electrons. The Bertz CT molecular complexity index is 1380. The number of para-hydroxylation sites is 1. The quantitative estimate of drug-likeness (QED) is 0.585. The largest absolute Gasteiger partial charge is 0.497 e. The van der Waals surface area contributed by atoms with Crippen LogP contribution in [0.5, 0.6) is 5.75 Å². The molecule has 4 rings (SSSR count). The van der Waals surface area contributed by atoms with E-state index >= 15 is 0 Å². The summed E-state index contributed by atoms with van der Waals surface area (Å²) in [6.45, 7) is 1.58. The molecule has 0 fully saturated rings. The van der Waals surface area contributed by atoms with E-state index in [1.807, 2.05) is 12.1 Å². The minimum atomic E-state index is -0.993. The van der Waals surface area contributed by atoms with Crippen molar-refractivity contribution in [3.63, 3.8) is 0 Å². The summed E-state index contributed by atoms with van der Waals surface area (Å²) in [5, 5.41) is 13.3. The van der Waals surface area contributed by atoms with E-state index in [9.17, 15) is 14.9 Å². The average molecular weight is 428 g/mol. The molecule has 32 heavy (non-hydrogen) atoms. The molecule has 3 aromatic rings. The third-order valence-corrected chi connectivity index (χ3v) is 5.27. The molecule has 2 heterocycles. The van der Waals surface area contributed by atoms with Crippen LogP contribution in [0.4, 0.5) is 5.69 Å². The number of anilines is 1. The number of pyridine rings is 1. The number of methoxy groups -OCH3 is 1. The Morgan fingerprint density at radius 3 is 2.66 bits per heavy atom. The summed E-state index contributed by atoms with van der Waals surface area (Å²) < 4.78 is 10.7. The van der Waals surface area contributed by atoms with Crippen LogP contribution in [0.2, 0.25) is 0 Å². The van der Waals surface area contributed by atoms with Gasteiger partial charge in [-0.25, -0.2) is 0 Å². The number of carbonyl (C=O) groups is 1. The van der Waals surface area contributed by atoms with E-state index in [4.69, 9.17) is 15.2 Å². The van der Waals surface area contributed by atoms with Crippen molar-refractivity contribution in [2.75, 3.05) is 12.4 Å². The normalized spacial score (nSPS) is 15.8. The molecule has 8 nitrogen and oxygen atoms in total. The maximum atomic E-state index is 13.2. The number of H-pyrrole nitrogens is 1. The minimum absolute atomic E-state index is 0.00725. The number of rotatable bonds is 4. The van der Waals surface area contributed by atoms with Gasteiger partial charge >= 0.3 is 0 Å². The SMILES string of the molecule is COc1ccc2cc(C3C(C#N)=C(N)OC(C)=C3C(=O)Nc3ccccc3)c(=O)[nH]c2c1. The van der Waals surface area contributed by atoms with Crippen LogP contribution in [0.1, 0.15) is 18.4 Å². The number of carbonyl (C=O) groups excluding carboxylic acids is 1. The summed E-state index contributed by atoms with van der Waals surface area (Å²) in [7, 11) is 1.54. The lowest BCUT2D eigenvalue weighted by Crippen LogP contribution is -2.30. The van der Waals surface area contributed by atoms with E-state index < -0.39 is 17.4 Å². The molecule has 160 valence electrons. The highest BCUT2D eigenvalue weighted by molar-refractivity contribution is 6.06. The Morgan fingerprint density at radius 2 is 1.97 bits per heavy atom. The first kappa shape index (κ1) is 20.8. The predicted octanol–water partition coefficient (Wildman–Crippen LogP) is 3.26. The number of nitriles is 1. The van der Waals surface area contributed by atoms with E-state index in [0.29, 0.717) is 22.3 Å². The fourth-order valence-corrected chi connectivity index (χ4v) is 3.74. The summed E-state index contributed by atoms with van der Waals surface area (Å²) in [5.74, 6) is -0.817. The number of aromatic amines is 1. The molecule has 0 aliphatic carbocycles. The van der Waals surface area contributed by atoms with Crippen molar-refractivity contribution < 1.29 is 14.3 Å². The van der Waals surface area contributed by atoms with E-state index in [1.165, 1.54) is 7.11 Å². The molecule has 1 unspecified atom stereocenters. The van der Waals surface area contributed by atoms with Gasteiger partial charge in [-0.1, -0.05) is 18.2 Å². The minimum Gasteiger partial charge on any atom is -0.497 e. The average Bonchev–Trinajstić information content (AvgIpc) is 2.78. The van der Waals surface area contributed by atoms with Crippen LogP contribution in [-0.4, -0.2) is 18.0 Å². The lowest BCUT2D eigenvalue weighted by atomic mass is 9.82. The van der Waals surface area contributed by atoms with Gasteiger partial charge in [0.05, 0.1) is 24.1 Å². The fraction of sp³-hybridized carbons (Fsp3) is 0.125. The van der Waals surface area contributed by atoms with Crippen LogP contribution < -0.4 is 21.3 Å². The number of nitrogens with zero attached hydrogens (tertiary/aromatic N) is 1. The third kappa shape index (κ3) is 3.68. The lowest BCUT2D eigenvalue weighted by molar-refractivity contribution is -0.113. The second-order valence-electron chi connectivity index (χ2n) is 7.22. The molecule has 0 saturated heterocycles. The first-order chi connectivity index (χ1) is 15.4. The number of hydrogen-bond donors (Lipinski definition) is 3. The van der Waals surface area contributed by atoms with E-state index in [-0.39, 0.29) is 28.4 Å². The van der Waals surface area contributed by atoms with E-state index in [2.05, 4.69) is 10.3 Å². The van der Waals surface area contributed by atoms with Gasteiger partial charge in [0.15, 0.2) is 0 Å². The van der Waals surface area contributed by atoms with Crippen LogP contribution in [0.15, 0.2) is 82.2 Å². The van der Waals surface area contributed by atoms with Crippen LogP contribution >= 0.6 is 0 Å². The Labute approximate surface area is 183 Å². The van der Waals surface area contributed by atoms with Gasteiger partial charge in [0, 0.05) is 17.3 Å². The number of nitrogens with two attached hydrogens (primary N) is 1. The number of benzene rings is 2. The van der Waals surface area contributed by atoms with Crippen molar-refractivity contribution in [2.24, 2.45) is 5.73 Å². The van der Waals surface area contributed by atoms with Crippen molar-refractivity contribution in [3.05, 3.63) is 93.3 Å². The molecule has 1 aromatic heterocycles. The number of amides is 1. The van der Waals surface area contributed by atoms with Gasteiger partial charge in [-0.2, -0.15) is 5.26 Å². The fourth-order valence-electron chi connectivity index (χ4n) is 3.74. The standard InChI is InChI=1S/C24H20N4O4/c1-13-20(24(30)27-15-6-4-3-5-7-15)21(18(12-25)22(26)32-13)17-10-14-8-9-16(31-2)11-19(14)28-23(17)29/h3-11,21H,26H2,1-2H3,(H,27,30)(H,28,29). The molecule has 8 heteroatoms. The number of ether oxygens (including phenoxy) is 2. The second kappa shape index (κ2) is 8.32. The first-order valence-electron chi connectivity index (χ1n) is 9.78. The van der Waals surface area contributed by atoms with Crippen molar-refractivity contribution in [1.29, 1.82) is 5.26 Å². The number of hydrogen-bond acceptors (Lipinski definition) is 6.